The zero-order chi connectivity index (χ0) is 21.9. The van der Waals surface area contributed by atoms with Crippen molar-refractivity contribution in [2.45, 2.75) is 104 Å². The Morgan fingerprint density at radius 1 is 0.774 bits per heavy atom. The van der Waals surface area contributed by atoms with Gasteiger partial charge in [-0.3, -0.25) is 0 Å². The van der Waals surface area contributed by atoms with Gasteiger partial charge in [0.1, 0.15) is 5.82 Å². The summed E-state index contributed by atoms with van der Waals surface area (Å²) in [5.41, 5.74) is 3.28. The zero-order valence-corrected chi connectivity index (χ0v) is 19.7. The van der Waals surface area contributed by atoms with Crippen molar-refractivity contribution >= 4 is 0 Å². The van der Waals surface area contributed by atoms with Crippen LogP contribution in [-0.4, -0.2) is 10.2 Å². The minimum Gasteiger partial charge on any atom is -0.206 e. The van der Waals surface area contributed by atoms with E-state index in [4.69, 9.17) is 0 Å². The topological polar surface area (TPSA) is 25.8 Å². The summed E-state index contributed by atoms with van der Waals surface area (Å²) in [7, 11) is 0. The number of unbranched alkanes of at least 4 members (excludes halogenated alkanes) is 4. The van der Waals surface area contributed by atoms with Crippen LogP contribution in [-0.2, 0) is 12.8 Å². The van der Waals surface area contributed by atoms with Crippen LogP contribution in [0.4, 0.5) is 4.39 Å². The van der Waals surface area contributed by atoms with Gasteiger partial charge >= 0.3 is 0 Å². The van der Waals surface area contributed by atoms with E-state index in [-0.39, 0.29) is 5.82 Å². The van der Waals surface area contributed by atoms with E-state index in [2.05, 4.69) is 24.0 Å². The molecule has 0 bridgehead atoms. The van der Waals surface area contributed by atoms with Crippen molar-refractivity contribution in [3.8, 4) is 11.3 Å². The van der Waals surface area contributed by atoms with E-state index in [1.807, 2.05) is 24.3 Å². The molecule has 1 aliphatic carbocycles. The fourth-order valence-electron chi connectivity index (χ4n) is 4.96. The summed E-state index contributed by atoms with van der Waals surface area (Å²) >= 11 is 0. The lowest BCUT2D eigenvalue weighted by Gasteiger charge is -2.28. The number of hydrogen-bond acceptors (Lipinski definition) is 2. The summed E-state index contributed by atoms with van der Waals surface area (Å²) in [6.07, 6.45) is 17.9. The molecule has 1 aliphatic rings. The average molecular weight is 425 g/mol. The van der Waals surface area contributed by atoms with Gasteiger partial charge in [0, 0.05) is 5.56 Å². The Kier molecular flexibility index (Phi) is 9.96. The Morgan fingerprint density at radius 2 is 1.52 bits per heavy atom. The molecular formula is C28H41FN2. The highest BCUT2D eigenvalue weighted by Gasteiger charge is 2.21. The van der Waals surface area contributed by atoms with Crippen LogP contribution in [0.25, 0.3) is 11.3 Å². The minimum atomic E-state index is -0.192. The smallest absolute Gasteiger partial charge is 0.132 e. The van der Waals surface area contributed by atoms with Crippen molar-refractivity contribution in [3.05, 3.63) is 47.4 Å². The quantitative estimate of drug-likeness (QED) is 0.320. The molecule has 0 amide bonds. The molecule has 1 heterocycles. The highest BCUT2D eigenvalue weighted by atomic mass is 19.1. The van der Waals surface area contributed by atoms with Crippen LogP contribution in [0.3, 0.4) is 0 Å². The van der Waals surface area contributed by atoms with Gasteiger partial charge in [-0.2, -0.15) is 10.2 Å². The molecule has 0 aliphatic heterocycles. The SMILES string of the molecule is CCCCCCC1CCC(CCc2ccc(-c3ccc(CCCC)cc3F)nn2)CC1. The molecule has 3 rings (SSSR count). The van der Waals surface area contributed by atoms with E-state index in [1.165, 1.54) is 64.2 Å². The lowest BCUT2D eigenvalue weighted by molar-refractivity contribution is 0.248. The van der Waals surface area contributed by atoms with Crippen LogP contribution in [0.2, 0.25) is 0 Å². The fourth-order valence-corrected chi connectivity index (χ4v) is 4.96. The maximum Gasteiger partial charge on any atom is 0.132 e. The first-order valence-corrected chi connectivity index (χ1v) is 12.8. The number of aromatic nitrogens is 2. The van der Waals surface area contributed by atoms with Crippen LogP contribution >= 0.6 is 0 Å². The first-order chi connectivity index (χ1) is 15.2. The molecule has 1 aromatic carbocycles. The number of rotatable bonds is 12. The Balaban J connectivity index is 1.43. The predicted molar refractivity (Wildman–Crippen MR) is 129 cm³/mol. The molecule has 0 spiro atoms. The second-order valence-electron chi connectivity index (χ2n) is 9.60. The number of benzene rings is 1. The highest BCUT2D eigenvalue weighted by molar-refractivity contribution is 5.59. The third-order valence-electron chi connectivity index (χ3n) is 7.09. The van der Waals surface area contributed by atoms with Gasteiger partial charge in [0.25, 0.3) is 0 Å². The molecule has 2 aromatic rings. The van der Waals surface area contributed by atoms with Crippen molar-refractivity contribution in [1.82, 2.24) is 10.2 Å². The van der Waals surface area contributed by atoms with E-state index >= 15 is 0 Å². The summed E-state index contributed by atoms with van der Waals surface area (Å²) < 4.78 is 14.5. The van der Waals surface area contributed by atoms with Gasteiger partial charge in [-0.25, -0.2) is 4.39 Å². The summed E-state index contributed by atoms with van der Waals surface area (Å²) in [5.74, 6) is 1.61. The van der Waals surface area contributed by atoms with Crippen molar-refractivity contribution in [3.63, 3.8) is 0 Å². The summed E-state index contributed by atoms with van der Waals surface area (Å²) in [6, 6.07) is 9.49. The van der Waals surface area contributed by atoms with Gasteiger partial charge in [0.15, 0.2) is 0 Å². The molecule has 2 nitrogen and oxygen atoms in total. The monoisotopic (exact) mass is 424 g/mol. The van der Waals surface area contributed by atoms with E-state index < -0.39 is 0 Å². The van der Waals surface area contributed by atoms with Gasteiger partial charge in [0.2, 0.25) is 0 Å². The van der Waals surface area contributed by atoms with Crippen LogP contribution in [0.5, 0.6) is 0 Å². The van der Waals surface area contributed by atoms with Crippen LogP contribution in [0.15, 0.2) is 30.3 Å². The molecular weight excluding hydrogens is 383 g/mol. The Bertz CT molecular complexity index is 763. The highest BCUT2D eigenvalue weighted by Crippen LogP contribution is 2.34. The number of halogens is 1. The van der Waals surface area contributed by atoms with Crippen molar-refractivity contribution < 1.29 is 4.39 Å². The standard InChI is InChI=1S/C28H41FN2/c1-3-5-7-8-10-22-11-13-23(14-12-22)15-17-25-18-20-28(31-30-25)26-19-16-24(9-6-4-2)21-27(26)29/h16,18-23H,3-15,17H2,1-2H3. The normalized spacial score (nSPS) is 18.9. The molecule has 1 aromatic heterocycles. The zero-order valence-electron chi connectivity index (χ0n) is 19.7. The fraction of sp³-hybridized carbons (Fsp3) is 0.643. The Morgan fingerprint density at radius 3 is 2.16 bits per heavy atom. The molecule has 0 radical (unpaired) electrons. The Labute approximate surface area is 189 Å². The first-order valence-electron chi connectivity index (χ1n) is 12.8. The van der Waals surface area contributed by atoms with E-state index in [0.29, 0.717) is 11.3 Å². The van der Waals surface area contributed by atoms with E-state index in [9.17, 15) is 4.39 Å². The average Bonchev–Trinajstić information content (AvgIpc) is 2.80. The lowest BCUT2D eigenvalue weighted by Crippen LogP contribution is -2.15. The number of nitrogens with zero attached hydrogens (tertiary/aromatic N) is 2. The molecule has 3 heteroatoms. The second-order valence-corrected chi connectivity index (χ2v) is 9.60. The second kappa shape index (κ2) is 12.9. The summed E-state index contributed by atoms with van der Waals surface area (Å²) in [5, 5.41) is 8.75. The number of hydrogen-bond donors (Lipinski definition) is 0. The molecule has 0 N–H and O–H groups in total. The van der Waals surface area contributed by atoms with Gasteiger partial charge in [-0.1, -0.05) is 84.1 Å². The van der Waals surface area contributed by atoms with Crippen molar-refractivity contribution in [2.75, 3.05) is 0 Å². The third-order valence-corrected chi connectivity index (χ3v) is 7.09. The molecule has 31 heavy (non-hydrogen) atoms. The lowest BCUT2D eigenvalue weighted by atomic mass is 9.78. The van der Waals surface area contributed by atoms with Gasteiger partial charge in [-0.15, -0.1) is 0 Å². The van der Waals surface area contributed by atoms with Gasteiger partial charge in [-0.05, 0) is 67.3 Å². The maximum atomic E-state index is 14.5. The molecule has 0 saturated heterocycles. The largest absolute Gasteiger partial charge is 0.206 e. The van der Waals surface area contributed by atoms with Gasteiger partial charge in [0.05, 0.1) is 11.4 Å². The Hall–Kier alpha value is -1.77. The van der Waals surface area contributed by atoms with Crippen LogP contribution in [0, 0.1) is 17.7 Å². The van der Waals surface area contributed by atoms with Crippen molar-refractivity contribution in [1.29, 1.82) is 0 Å². The predicted octanol–water partition coefficient (Wildman–Crippen LogP) is 8.33. The molecule has 0 atom stereocenters. The minimum absolute atomic E-state index is 0.192. The number of aryl methyl sites for hydroxylation is 2. The molecule has 1 saturated carbocycles. The summed E-state index contributed by atoms with van der Waals surface area (Å²) in [4.78, 5) is 0. The first kappa shape index (κ1) is 23.9. The maximum absolute atomic E-state index is 14.5. The van der Waals surface area contributed by atoms with E-state index in [0.717, 1.165) is 48.8 Å². The summed E-state index contributed by atoms with van der Waals surface area (Å²) in [6.45, 7) is 4.44. The van der Waals surface area contributed by atoms with Crippen LogP contribution < -0.4 is 0 Å². The third kappa shape index (κ3) is 7.70. The van der Waals surface area contributed by atoms with Gasteiger partial charge < -0.3 is 0 Å². The molecule has 1 fully saturated rings. The molecule has 0 unspecified atom stereocenters. The molecule has 170 valence electrons. The van der Waals surface area contributed by atoms with E-state index in [1.54, 1.807) is 6.07 Å². The van der Waals surface area contributed by atoms with Crippen molar-refractivity contribution in [2.24, 2.45) is 11.8 Å². The van der Waals surface area contributed by atoms with Crippen LogP contribution in [0.1, 0.15) is 102 Å².